The van der Waals surface area contributed by atoms with Crippen molar-refractivity contribution in [2.75, 3.05) is 0 Å². The largest absolute Gasteiger partial charge is 0.319 e. The lowest BCUT2D eigenvalue weighted by molar-refractivity contribution is 0.0678. The number of alkyl halides is 2. The first-order valence-electron chi connectivity index (χ1n) is 8.08. The summed E-state index contributed by atoms with van der Waals surface area (Å²) in [6.45, 7) is -2.62. The van der Waals surface area contributed by atoms with Crippen molar-refractivity contribution in [2.45, 2.75) is 17.5 Å². The molecule has 4 rings (SSSR count). The van der Waals surface area contributed by atoms with E-state index in [1.54, 1.807) is 12.4 Å². The van der Waals surface area contributed by atoms with Gasteiger partial charge in [0.25, 0.3) is 0 Å². The number of benzene rings is 1. The van der Waals surface area contributed by atoms with E-state index >= 15 is 0 Å². The second-order valence-electron chi connectivity index (χ2n) is 5.53. The minimum absolute atomic E-state index is 0.249. The third-order valence-corrected chi connectivity index (χ3v) is 4.80. The van der Waals surface area contributed by atoms with Gasteiger partial charge in [0.15, 0.2) is 11.0 Å². The average molecular weight is 384 g/mol. The number of imidazole rings is 1. The summed E-state index contributed by atoms with van der Waals surface area (Å²) in [7, 11) is 0. The topological polar surface area (TPSA) is 61.4 Å². The van der Waals surface area contributed by atoms with E-state index in [0.717, 1.165) is 15.8 Å². The number of nitrogens with zero attached hydrogens (tertiary/aromatic N) is 6. The van der Waals surface area contributed by atoms with Crippen molar-refractivity contribution < 1.29 is 8.78 Å². The Hall–Kier alpha value is -3.07. The van der Waals surface area contributed by atoms with Crippen molar-refractivity contribution in [3.05, 3.63) is 73.1 Å². The molecule has 0 aliphatic rings. The zero-order valence-electron chi connectivity index (χ0n) is 14.0. The molecule has 0 atom stereocenters. The summed E-state index contributed by atoms with van der Waals surface area (Å²) in [4.78, 5) is 8.05. The first kappa shape index (κ1) is 17.3. The van der Waals surface area contributed by atoms with Crippen molar-refractivity contribution in [1.29, 1.82) is 0 Å². The van der Waals surface area contributed by atoms with E-state index in [2.05, 4.69) is 20.2 Å². The quantitative estimate of drug-likeness (QED) is 0.466. The van der Waals surface area contributed by atoms with Crippen LogP contribution in [0.2, 0.25) is 0 Å². The van der Waals surface area contributed by atoms with Gasteiger partial charge >= 0.3 is 6.55 Å². The molecule has 9 heteroatoms. The van der Waals surface area contributed by atoms with Crippen LogP contribution in [0.3, 0.4) is 0 Å². The van der Waals surface area contributed by atoms with Crippen LogP contribution in [0.25, 0.3) is 17.1 Å². The molecule has 0 aliphatic carbocycles. The highest BCUT2D eigenvalue weighted by atomic mass is 32.2. The second-order valence-corrected chi connectivity index (χ2v) is 6.47. The fraction of sp³-hybridized carbons (Fsp3) is 0.111. The number of pyridine rings is 1. The van der Waals surface area contributed by atoms with E-state index in [1.165, 1.54) is 24.2 Å². The molecule has 1 aromatic carbocycles. The van der Waals surface area contributed by atoms with Crippen LogP contribution in [-0.2, 0) is 5.75 Å². The molecule has 0 fully saturated rings. The number of para-hydroxylation sites is 1. The molecule has 0 amide bonds. The number of halogens is 2. The molecule has 136 valence electrons. The third kappa shape index (κ3) is 3.59. The van der Waals surface area contributed by atoms with Crippen molar-refractivity contribution >= 4 is 11.8 Å². The van der Waals surface area contributed by atoms with Gasteiger partial charge in [0.2, 0.25) is 0 Å². The lowest BCUT2D eigenvalue weighted by Crippen LogP contribution is -2.03. The monoisotopic (exact) mass is 384 g/mol. The van der Waals surface area contributed by atoms with Gasteiger partial charge < -0.3 is 0 Å². The normalized spacial score (nSPS) is 11.2. The van der Waals surface area contributed by atoms with E-state index in [9.17, 15) is 8.78 Å². The Labute approximate surface area is 157 Å². The van der Waals surface area contributed by atoms with Crippen LogP contribution in [0.15, 0.2) is 72.4 Å². The molecule has 0 spiro atoms. The Bertz CT molecular complexity index is 1020. The predicted molar refractivity (Wildman–Crippen MR) is 97.6 cm³/mol. The molecular weight excluding hydrogens is 370 g/mol. The number of rotatable bonds is 6. The minimum atomic E-state index is -2.62. The molecular formula is C18H14F2N6S. The first-order valence-corrected chi connectivity index (χ1v) is 9.06. The van der Waals surface area contributed by atoms with Gasteiger partial charge in [-0.05, 0) is 24.3 Å². The third-order valence-electron chi connectivity index (χ3n) is 3.88. The van der Waals surface area contributed by atoms with Gasteiger partial charge in [0.1, 0.15) is 5.82 Å². The zero-order valence-corrected chi connectivity index (χ0v) is 14.8. The van der Waals surface area contributed by atoms with Crippen LogP contribution >= 0.6 is 11.8 Å². The molecule has 0 bridgehead atoms. The Morgan fingerprint density at radius 1 is 0.963 bits per heavy atom. The maximum Gasteiger partial charge on any atom is 0.319 e. The van der Waals surface area contributed by atoms with Gasteiger partial charge in [-0.1, -0.05) is 30.0 Å². The van der Waals surface area contributed by atoms with E-state index in [-0.39, 0.29) is 11.6 Å². The molecule has 3 aromatic heterocycles. The highest BCUT2D eigenvalue weighted by Gasteiger charge is 2.18. The van der Waals surface area contributed by atoms with E-state index < -0.39 is 6.55 Å². The summed E-state index contributed by atoms with van der Waals surface area (Å²) < 4.78 is 28.8. The van der Waals surface area contributed by atoms with Crippen LogP contribution in [0.1, 0.15) is 12.4 Å². The number of hydrogen-bond donors (Lipinski definition) is 0. The molecule has 4 aromatic rings. The lowest BCUT2D eigenvalue weighted by Gasteiger charge is -2.10. The summed E-state index contributed by atoms with van der Waals surface area (Å²) in [5.74, 6) is 1.19. The Balaban J connectivity index is 1.71. The molecule has 0 saturated carbocycles. The molecule has 3 heterocycles. The lowest BCUT2D eigenvalue weighted by atomic mass is 10.2. The van der Waals surface area contributed by atoms with Crippen LogP contribution in [-0.4, -0.2) is 29.3 Å². The van der Waals surface area contributed by atoms with Gasteiger partial charge in [-0.15, -0.1) is 10.2 Å². The molecule has 0 saturated heterocycles. The molecule has 0 aliphatic heterocycles. The highest BCUT2D eigenvalue weighted by molar-refractivity contribution is 7.98. The molecule has 0 radical (unpaired) electrons. The van der Waals surface area contributed by atoms with Gasteiger partial charge in [0.05, 0.1) is 5.75 Å². The number of thioether (sulfide) groups is 1. The van der Waals surface area contributed by atoms with Crippen LogP contribution < -0.4 is 0 Å². The van der Waals surface area contributed by atoms with Gasteiger partial charge in [-0.2, -0.15) is 8.78 Å². The van der Waals surface area contributed by atoms with E-state index in [4.69, 9.17) is 0 Å². The fourth-order valence-corrected chi connectivity index (χ4v) is 3.53. The van der Waals surface area contributed by atoms with E-state index in [1.807, 2.05) is 47.0 Å². The summed E-state index contributed by atoms with van der Waals surface area (Å²) in [6, 6.07) is 13.3. The van der Waals surface area contributed by atoms with Crippen molar-refractivity contribution in [3.8, 4) is 17.1 Å². The first-order chi connectivity index (χ1) is 13.2. The van der Waals surface area contributed by atoms with Gasteiger partial charge in [-0.3, -0.25) is 14.1 Å². The van der Waals surface area contributed by atoms with E-state index in [0.29, 0.717) is 11.0 Å². The van der Waals surface area contributed by atoms with Crippen molar-refractivity contribution in [3.63, 3.8) is 0 Å². The molecule has 0 N–H and O–H groups in total. The minimum Gasteiger partial charge on any atom is -0.277 e. The Morgan fingerprint density at radius 3 is 2.48 bits per heavy atom. The van der Waals surface area contributed by atoms with Crippen LogP contribution in [0.4, 0.5) is 8.78 Å². The second kappa shape index (κ2) is 7.67. The summed E-state index contributed by atoms with van der Waals surface area (Å²) in [5.41, 5.74) is 1.75. The molecule has 27 heavy (non-hydrogen) atoms. The maximum atomic E-state index is 13.0. The molecule has 0 unspecified atom stereocenters. The summed E-state index contributed by atoms with van der Waals surface area (Å²) in [5, 5.41) is 9.18. The van der Waals surface area contributed by atoms with Crippen LogP contribution in [0.5, 0.6) is 0 Å². The smallest absolute Gasteiger partial charge is 0.277 e. The summed E-state index contributed by atoms with van der Waals surface area (Å²) >= 11 is 1.30. The van der Waals surface area contributed by atoms with Crippen LogP contribution in [0, 0.1) is 0 Å². The summed E-state index contributed by atoms with van der Waals surface area (Å²) in [6.07, 6.45) is 6.01. The predicted octanol–water partition coefficient (Wildman–Crippen LogP) is 4.21. The maximum absolute atomic E-state index is 13.0. The fourth-order valence-electron chi connectivity index (χ4n) is 2.62. The SMILES string of the molecule is FC(F)n1ccnc1CSc1nnc(-c2ccncc2)n1-c1ccccc1. The van der Waals surface area contributed by atoms with Crippen molar-refractivity contribution in [2.24, 2.45) is 0 Å². The van der Waals surface area contributed by atoms with Crippen molar-refractivity contribution in [1.82, 2.24) is 29.3 Å². The Morgan fingerprint density at radius 2 is 1.74 bits per heavy atom. The average Bonchev–Trinajstić information content (AvgIpc) is 3.34. The van der Waals surface area contributed by atoms with Gasteiger partial charge in [0, 0.05) is 36.0 Å². The highest BCUT2D eigenvalue weighted by Crippen LogP contribution is 2.29. The number of hydrogen-bond acceptors (Lipinski definition) is 5. The van der Waals surface area contributed by atoms with Gasteiger partial charge in [-0.25, -0.2) is 4.98 Å². The standard InChI is InChI=1S/C18H14F2N6S/c19-17(20)25-11-10-22-15(25)12-27-18-24-23-16(13-6-8-21-9-7-13)26(18)14-4-2-1-3-5-14/h1-11,17H,12H2. The zero-order chi connectivity index (χ0) is 18.6. The number of aromatic nitrogens is 6. The Kier molecular flexibility index (Phi) is 4.93. The molecule has 6 nitrogen and oxygen atoms in total.